The maximum absolute atomic E-state index is 11.1. The third kappa shape index (κ3) is 1.65. The van der Waals surface area contributed by atoms with Crippen LogP contribution in [0.2, 0.25) is 0 Å². The first-order chi connectivity index (χ1) is 9.16. The Bertz CT molecular complexity index is 604. The summed E-state index contributed by atoms with van der Waals surface area (Å²) >= 11 is 0. The van der Waals surface area contributed by atoms with Gasteiger partial charge in [-0.3, -0.25) is 0 Å². The van der Waals surface area contributed by atoms with Gasteiger partial charge < -0.3 is 14.4 Å². The van der Waals surface area contributed by atoms with Crippen molar-refractivity contribution in [2.75, 3.05) is 7.05 Å². The van der Waals surface area contributed by atoms with Crippen molar-refractivity contribution in [3.8, 4) is 0 Å². The van der Waals surface area contributed by atoms with Crippen LogP contribution in [-0.4, -0.2) is 29.1 Å². The van der Waals surface area contributed by atoms with Crippen molar-refractivity contribution in [2.24, 2.45) is 0 Å². The molecule has 1 aromatic carbocycles. The van der Waals surface area contributed by atoms with E-state index in [9.17, 15) is 5.11 Å². The summed E-state index contributed by atoms with van der Waals surface area (Å²) in [6.07, 6.45) is 5.85. The number of benzene rings is 1. The van der Waals surface area contributed by atoms with Crippen LogP contribution in [0.25, 0.3) is 11.0 Å². The van der Waals surface area contributed by atoms with E-state index in [0.29, 0.717) is 12.1 Å². The molecule has 2 atom stereocenters. The number of fused-ring (bicyclic) bond motifs is 3. The molecule has 3 heteroatoms. The van der Waals surface area contributed by atoms with Gasteiger partial charge in [0.2, 0.25) is 0 Å². The summed E-state index contributed by atoms with van der Waals surface area (Å²) in [5.74, 6) is 0. The molecule has 3 nitrogen and oxygen atoms in total. The molecule has 1 N–H and O–H groups in total. The molecule has 100 valence electrons. The fourth-order valence-corrected chi connectivity index (χ4v) is 3.94. The van der Waals surface area contributed by atoms with Gasteiger partial charge in [0.25, 0.3) is 0 Å². The Morgan fingerprint density at radius 2 is 1.95 bits per heavy atom. The van der Waals surface area contributed by atoms with Crippen LogP contribution in [-0.2, 0) is 5.60 Å². The highest BCUT2D eigenvalue weighted by atomic mass is 16.3. The van der Waals surface area contributed by atoms with Crippen molar-refractivity contribution in [3.63, 3.8) is 0 Å². The van der Waals surface area contributed by atoms with Gasteiger partial charge in [-0.05, 0) is 56.5 Å². The molecule has 0 radical (unpaired) electrons. The molecule has 3 heterocycles. The molecule has 2 aliphatic rings. The van der Waals surface area contributed by atoms with Gasteiger partial charge in [-0.1, -0.05) is 6.07 Å². The van der Waals surface area contributed by atoms with Gasteiger partial charge in [0.05, 0.1) is 11.9 Å². The summed E-state index contributed by atoms with van der Waals surface area (Å²) in [5.41, 5.74) is 1.28. The molecule has 2 aliphatic heterocycles. The van der Waals surface area contributed by atoms with Crippen LogP contribution in [0.1, 0.15) is 31.2 Å². The molecule has 0 spiro atoms. The second-order valence-corrected chi connectivity index (χ2v) is 6.16. The quantitative estimate of drug-likeness (QED) is 0.853. The minimum absolute atomic E-state index is 0.531. The van der Waals surface area contributed by atoms with Gasteiger partial charge in [0.1, 0.15) is 5.58 Å². The molecule has 2 aromatic rings. The van der Waals surface area contributed by atoms with Gasteiger partial charge in [-0.15, -0.1) is 0 Å². The van der Waals surface area contributed by atoms with Gasteiger partial charge in [-0.25, -0.2) is 0 Å². The van der Waals surface area contributed by atoms with Crippen molar-refractivity contribution < 1.29 is 9.52 Å². The zero-order valence-electron chi connectivity index (χ0n) is 11.2. The molecule has 2 unspecified atom stereocenters. The van der Waals surface area contributed by atoms with E-state index in [1.165, 1.54) is 12.8 Å². The Morgan fingerprint density at radius 3 is 2.68 bits per heavy atom. The minimum Gasteiger partial charge on any atom is -0.464 e. The Hall–Kier alpha value is -1.32. The highest BCUT2D eigenvalue weighted by Crippen LogP contribution is 2.45. The molecular formula is C16H19NO2. The van der Waals surface area contributed by atoms with Crippen LogP contribution in [0.5, 0.6) is 0 Å². The van der Waals surface area contributed by atoms with Crippen LogP contribution in [0, 0.1) is 0 Å². The largest absolute Gasteiger partial charge is 0.464 e. The lowest BCUT2D eigenvalue weighted by molar-refractivity contribution is -0.0492. The van der Waals surface area contributed by atoms with Crippen LogP contribution < -0.4 is 0 Å². The van der Waals surface area contributed by atoms with Crippen molar-refractivity contribution in [1.82, 2.24) is 4.90 Å². The fraction of sp³-hybridized carbons (Fsp3) is 0.500. The summed E-state index contributed by atoms with van der Waals surface area (Å²) in [6, 6.07) is 9.11. The summed E-state index contributed by atoms with van der Waals surface area (Å²) < 4.78 is 5.37. The Kier molecular flexibility index (Phi) is 2.32. The third-order valence-electron chi connectivity index (χ3n) is 5.12. The maximum Gasteiger partial charge on any atom is 0.133 e. The standard InChI is InChI=1S/C16H19NO2/c1-17-13-3-4-14(17)10-16(18,9-13)12-2-5-15-11(8-12)6-7-19-15/h2,5-8,13-14,18H,3-4,9-10H2,1H3. The Morgan fingerprint density at radius 1 is 1.21 bits per heavy atom. The molecule has 4 rings (SSSR count). The van der Waals surface area contributed by atoms with Gasteiger partial charge in [-0.2, -0.15) is 0 Å². The first-order valence-electron chi connectivity index (χ1n) is 7.08. The average Bonchev–Trinajstić information content (AvgIpc) is 2.94. The monoisotopic (exact) mass is 257 g/mol. The molecule has 0 aliphatic carbocycles. The van der Waals surface area contributed by atoms with E-state index in [2.05, 4.69) is 18.0 Å². The highest BCUT2D eigenvalue weighted by Gasteiger charge is 2.46. The zero-order valence-corrected chi connectivity index (χ0v) is 11.2. The average molecular weight is 257 g/mol. The molecule has 1 aromatic heterocycles. The summed E-state index contributed by atoms with van der Waals surface area (Å²) in [4.78, 5) is 2.45. The smallest absolute Gasteiger partial charge is 0.133 e. The van der Waals surface area contributed by atoms with Crippen LogP contribution >= 0.6 is 0 Å². The van der Waals surface area contributed by atoms with Crippen molar-refractivity contribution in [3.05, 3.63) is 36.1 Å². The zero-order chi connectivity index (χ0) is 13.0. The number of nitrogens with zero attached hydrogens (tertiary/aromatic N) is 1. The molecule has 2 bridgehead atoms. The molecule has 19 heavy (non-hydrogen) atoms. The van der Waals surface area contributed by atoms with E-state index in [0.717, 1.165) is 29.4 Å². The maximum atomic E-state index is 11.1. The van der Waals surface area contributed by atoms with E-state index in [1.54, 1.807) is 6.26 Å². The van der Waals surface area contributed by atoms with Crippen molar-refractivity contribution in [1.29, 1.82) is 0 Å². The SMILES string of the molecule is CN1C2CCC1CC(O)(c1ccc3occc3c1)C2. The Labute approximate surface area is 112 Å². The van der Waals surface area contributed by atoms with Gasteiger partial charge >= 0.3 is 0 Å². The minimum atomic E-state index is -0.663. The first-order valence-corrected chi connectivity index (χ1v) is 7.08. The van der Waals surface area contributed by atoms with Crippen molar-refractivity contribution >= 4 is 11.0 Å². The topological polar surface area (TPSA) is 36.6 Å². The third-order valence-corrected chi connectivity index (χ3v) is 5.12. The second-order valence-electron chi connectivity index (χ2n) is 6.16. The Balaban J connectivity index is 1.74. The van der Waals surface area contributed by atoms with Gasteiger partial charge in [0, 0.05) is 17.5 Å². The van der Waals surface area contributed by atoms with E-state index < -0.39 is 5.60 Å². The summed E-state index contributed by atoms with van der Waals surface area (Å²) in [5, 5.41) is 12.2. The lowest BCUT2D eigenvalue weighted by atomic mass is 9.80. The van der Waals surface area contributed by atoms with Gasteiger partial charge in [0.15, 0.2) is 0 Å². The van der Waals surface area contributed by atoms with E-state index >= 15 is 0 Å². The molecule has 2 fully saturated rings. The number of aliphatic hydroxyl groups is 1. The first kappa shape index (κ1) is 11.5. The molecule has 0 amide bonds. The van der Waals surface area contributed by atoms with E-state index in [-0.39, 0.29) is 0 Å². The van der Waals surface area contributed by atoms with Crippen LogP contribution in [0.3, 0.4) is 0 Å². The highest BCUT2D eigenvalue weighted by molar-refractivity contribution is 5.78. The fourth-order valence-electron chi connectivity index (χ4n) is 3.94. The molecule has 2 saturated heterocycles. The molecule has 0 saturated carbocycles. The predicted molar refractivity (Wildman–Crippen MR) is 73.9 cm³/mol. The summed E-state index contributed by atoms with van der Waals surface area (Å²) in [6.45, 7) is 0. The normalized spacial score (nSPS) is 35.1. The second kappa shape index (κ2) is 3.84. The summed E-state index contributed by atoms with van der Waals surface area (Å²) in [7, 11) is 2.20. The number of hydrogen-bond acceptors (Lipinski definition) is 3. The molecular weight excluding hydrogens is 238 g/mol. The number of rotatable bonds is 1. The predicted octanol–water partition coefficient (Wildman–Crippen LogP) is 2.88. The number of furan rings is 1. The van der Waals surface area contributed by atoms with E-state index in [4.69, 9.17) is 4.42 Å². The van der Waals surface area contributed by atoms with E-state index in [1.807, 2.05) is 18.2 Å². The number of hydrogen-bond donors (Lipinski definition) is 1. The lowest BCUT2D eigenvalue weighted by Gasteiger charge is -2.42. The van der Waals surface area contributed by atoms with Crippen LogP contribution in [0.15, 0.2) is 34.9 Å². The van der Waals surface area contributed by atoms with Crippen molar-refractivity contribution in [2.45, 2.75) is 43.4 Å². The van der Waals surface area contributed by atoms with Crippen LogP contribution in [0.4, 0.5) is 0 Å². The lowest BCUT2D eigenvalue weighted by Crippen LogP contribution is -2.47. The number of piperidine rings is 1.